The van der Waals surface area contributed by atoms with Crippen LogP contribution in [0.25, 0.3) is 22.2 Å². The summed E-state index contributed by atoms with van der Waals surface area (Å²) < 4.78 is 61.3. The van der Waals surface area contributed by atoms with Crippen LogP contribution in [-0.2, 0) is 26.3 Å². The average molecular weight is 933 g/mol. The lowest BCUT2D eigenvalue weighted by atomic mass is 9.87. The first kappa shape index (κ1) is 44.8. The van der Waals surface area contributed by atoms with Gasteiger partial charge in [-0.1, -0.05) is 24.3 Å². The van der Waals surface area contributed by atoms with Gasteiger partial charge in [-0.3, -0.25) is 29.2 Å². The zero-order chi connectivity index (χ0) is 46.7. The number of imide groups is 1. The van der Waals surface area contributed by atoms with Crippen molar-refractivity contribution in [3.05, 3.63) is 113 Å². The van der Waals surface area contributed by atoms with E-state index in [1.165, 1.54) is 16.1 Å². The number of anilines is 2. The number of halogens is 2. The van der Waals surface area contributed by atoms with Gasteiger partial charge in [-0.25, -0.2) is 13.8 Å². The number of benzene rings is 3. The molecule has 67 heavy (non-hydrogen) atoms. The number of amides is 3. The van der Waals surface area contributed by atoms with Crippen LogP contribution in [0.1, 0.15) is 109 Å². The number of hydrogen-bond donors (Lipinski definition) is 3. The van der Waals surface area contributed by atoms with Crippen molar-refractivity contribution in [1.82, 2.24) is 29.4 Å². The van der Waals surface area contributed by atoms with E-state index in [-0.39, 0.29) is 35.9 Å². The van der Waals surface area contributed by atoms with Crippen LogP contribution < -0.4 is 14.9 Å². The zero-order valence-electron chi connectivity index (χ0n) is 37.6. The fourth-order valence-corrected chi connectivity index (χ4v) is 12.8. The average Bonchev–Trinajstić information content (AvgIpc) is 4.01. The third-order valence-corrected chi connectivity index (χ3v) is 16.5. The van der Waals surface area contributed by atoms with Gasteiger partial charge in [-0.2, -0.15) is 12.7 Å². The maximum absolute atomic E-state index is 16.0. The minimum Gasteiger partial charge on any atom is -0.372 e. The molecule has 5 aliphatic rings. The van der Waals surface area contributed by atoms with E-state index < -0.39 is 50.8 Å². The first-order valence-electron chi connectivity index (χ1n) is 23.4. The van der Waals surface area contributed by atoms with Gasteiger partial charge < -0.3 is 19.7 Å². The van der Waals surface area contributed by atoms with Gasteiger partial charge in [0.2, 0.25) is 17.6 Å². The second-order valence-electron chi connectivity index (χ2n) is 19.0. The second kappa shape index (κ2) is 17.9. The number of hydrogen-bond acceptors (Lipinski definition) is 9. The highest BCUT2D eigenvalue weighted by atomic mass is 32.2. The fourth-order valence-electron chi connectivity index (χ4n) is 11.1. The molecular formula is C50H54F2N8O6S. The summed E-state index contributed by atoms with van der Waals surface area (Å²) in [4.78, 5) is 65.2. The Balaban J connectivity index is 0.733. The number of aromatic nitrogens is 2. The SMILES string of the molecule is C[C@@H]1CC[C@@H](C)N1S(=O)(=O)Nc1ccc(F)c(C(=O)c2c[nH]c3ncc(-c4ccc(N5CCC(CN6CCC(c7ccc8c(c7)CN([C@H]7CCC(=O)NC7=O)C8=O)CC6)CC5)cc4)cc23)c1F. The van der Waals surface area contributed by atoms with Crippen molar-refractivity contribution in [3.8, 4) is 11.1 Å². The molecule has 17 heteroatoms. The number of carbonyl (C=O) groups excluding carboxylic acids is 4. The van der Waals surface area contributed by atoms with E-state index in [1.807, 2.05) is 18.2 Å². The van der Waals surface area contributed by atoms with Crippen LogP contribution in [-0.4, -0.2) is 107 Å². The molecule has 3 aromatic carbocycles. The van der Waals surface area contributed by atoms with E-state index in [9.17, 15) is 27.6 Å². The molecule has 14 nitrogen and oxygen atoms in total. The third kappa shape index (κ3) is 8.61. The number of aromatic amines is 1. The number of carbonyl (C=O) groups is 4. The number of rotatable bonds is 11. The molecule has 0 aliphatic carbocycles. The molecule has 0 bridgehead atoms. The normalized spacial score (nSPS) is 22.4. The van der Waals surface area contributed by atoms with Crippen LogP contribution in [0.4, 0.5) is 20.2 Å². The molecule has 0 unspecified atom stereocenters. The zero-order valence-corrected chi connectivity index (χ0v) is 38.4. The molecule has 0 saturated carbocycles. The van der Waals surface area contributed by atoms with Crippen LogP contribution in [0, 0.1) is 17.6 Å². The summed E-state index contributed by atoms with van der Waals surface area (Å²) in [5, 5.41) is 2.75. The summed E-state index contributed by atoms with van der Waals surface area (Å²) in [7, 11) is -4.18. The van der Waals surface area contributed by atoms with Crippen LogP contribution >= 0.6 is 0 Å². The lowest BCUT2D eigenvalue weighted by Crippen LogP contribution is -2.52. The smallest absolute Gasteiger partial charge is 0.302 e. The number of fused-ring (bicyclic) bond motifs is 2. The van der Waals surface area contributed by atoms with E-state index in [1.54, 1.807) is 31.0 Å². The fraction of sp³-hybridized carbons (Fsp3) is 0.420. The Morgan fingerprint density at radius 1 is 0.851 bits per heavy atom. The van der Waals surface area contributed by atoms with E-state index in [4.69, 9.17) is 0 Å². The van der Waals surface area contributed by atoms with Crippen molar-refractivity contribution in [2.75, 3.05) is 42.3 Å². The number of nitrogens with zero attached hydrogens (tertiary/aromatic N) is 5. The number of nitrogens with one attached hydrogen (secondary N) is 3. The maximum atomic E-state index is 16.0. The van der Waals surface area contributed by atoms with E-state index >= 15 is 8.78 Å². The predicted octanol–water partition coefficient (Wildman–Crippen LogP) is 7.13. The quantitative estimate of drug-likeness (QED) is 0.0923. The molecule has 5 aromatic rings. The van der Waals surface area contributed by atoms with Gasteiger partial charge in [-0.15, -0.1) is 0 Å². The van der Waals surface area contributed by atoms with Gasteiger partial charge in [0.1, 0.15) is 17.5 Å². The van der Waals surface area contributed by atoms with Gasteiger partial charge in [0.05, 0.1) is 11.3 Å². The Morgan fingerprint density at radius 3 is 2.30 bits per heavy atom. The summed E-state index contributed by atoms with van der Waals surface area (Å²) >= 11 is 0. The Kier molecular flexibility index (Phi) is 12.0. The van der Waals surface area contributed by atoms with Crippen molar-refractivity contribution in [2.45, 2.75) is 95.8 Å². The maximum Gasteiger partial charge on any atom is 0.302 e. The summed E-state index contributed by atoms with van der Waals surface area (Å²) in [5.74, 6) is -3.14. The molecule has 4 fully saturated rings. The number of piperidine rings is 3. The van der Waals surface area contributed by atoms with E-state index in [0.29, 0.717) is 59.8 Å². The van der Waals surface area contributed by atoms with Gasteiger partial charge in [0.15, 0.2) is 5.82 Å². The molecule has 4 saturated heterocycles. The molecule has 5 aliphatic heterocycles. The molecule has 0 spiro atoms. The molecule has 0 radical (unpaired) electrons. The van der Waals surface area contributed by atoms with Crippen molar-refractivity contribution in [3.63, 3.8) is 0 Å². The lowest BCUT2D eigenvalue weighted by Gasteiger charge is -2.38. The topological polar surface area (TPSA) is 168 Å². The molecular weight excluding hydrogens is 879 g/mol. The van der Waals surface area contributed by atoms with Crippen LogP contribution in [0.5, 0.6) is 0 Å². The summed E-state index contributed by atoms with van der Waals surface area (Å²) in [6.07, 6.45) is 9.23. The van der Waals surface area contributed by atoms with Crippen LogP contribution in [0.3, 0.4) is 0 Å². The minimum atomic E-state index is -4.18. The monoisotopic (exact) mass is 932 g/mol. The largest absolute Gasteiger partial charge is 0.372 e. The van der Waals surface area contributed by atoms with Gasteiger partial charge in [-0.05, 0) is 137 Å². The number of likely N-dealkylation sites (tertiary alicyclic amines) is 1. The molecule has 3 N–H and O–H groups in total. The Bertz CT molecular complexity index is 2880. The first-order valence-corrected chi connectivity index (χ1v) is 24.8. The summed E-state index contributed by atoms with van der Waals surface area (Å²) in [6.45, 7) is 8.94. The molecule has 2 aromatic heterocycles. The molecule has 7 heterocycles. The highest BCUT2D eigenvalue weighted by molar-refractivity contribution is 7.90. The number of H-pyrrole nitrogens is 1. The van der Waals surface area contributed by atoms with Crippen molar-refractivity contribution >= 4 is 56.1 Å². The van der Waals surface area contributed by atoms with Gasteiger partial charge >= 0.3 is 10.2 Å². The van der Waals surface area contributed by atoms with Crippen molar-refractivity contribution < 1.29 is 36.4 Å². The lowest BCUT2D eigenvalue weighted by molar-refractivity contribution is -0.136. The van der Waals surface area contributed by atoms with Crippen molar-refractivity contribution in [2.24, 2.45) is 5.92 Å². The second-order valence-corrected chi connectivity index (χ2v) is 20.6. The molecule has 10 rings (SSSR count). The van der Waals surface area contributed by atoms with Gasteiger partial charge in [0, 0.05) is 84.8 Å². The predicted molar refractivity (Wildman–Crippen MR) is 250 cm³/mol. The highest BCUT2D eigenvalue weighted by Gasteiger charge is 2.40. The van der Waals surface area contributed by atoms with Crippen LogP contribution in [0.2, 0.25) is 0 Å². The molecule has 3 atom stereocenters. The Labute approximate surface area is 388 Å². The van der Waals surface area contributed by atoms with Crippen molar-refractivity contribution in [1.29, 1.82) is 0 Å². The Morgan fingerprint density at radius 2 is 1.58 bits per heavy atom. The number of pyridine rings is 1. The van der Waals surface area contributed by atoms with Gasteiger partial charge in [0.25, 0.3) is 5.91 Å². The first-order chi connectivity index (χ1) is 32.2. The molecule has 3 amide bonds. The third-order valence-electron chi connectivity index (χ3n) is 14.8. The highest BCUT2D eigenvalue weighted by Crippen LogP contribution is 2.36. The van der Waals surface area contributed by atoms with Crippen LogP contribution in [0.15, 0.2) is 73.1 Å². The summed E-state index contributed by atoms with van der Waals surface area (Å²) in [6, 6.07) is 16.8. The summed E-state index contributed by atoms with van der Waals surface area (Å²) in [5.41, 5.74) is 4.55. The molecule has 350 valence electrons. The Hall–Kier alpha value is -6.04. The number of ketones is 1. The van der Waals surface area contributed by atoms with E-state index in [2.05, 4.69) is 54.1 Å². The minimum absolute atomic E-state index is 0.00668. The van der Waals surface area contributed by atoms with E-state index in [0.717, 1.165) is 87.4 Å². The standard InChI is InChI=1S/C50H54F2N8O6S/c1-29-3-4-30(2)60(29)67(65,66)56-42-12-11-41(51)45(46(42)52)47(62)40-26-54-48-39(40)24-35(25-53-48)32-5-8-37(9-6-32)58-21-15-31(16-22-58)27-57-19-17-33(18-20-57)34-7-10-38-36(23-34)28-59(50(38)64)43-13-14-44(61)55-49(43)63/h5-12,23-26,29-31,33,43,56H,3-4,13-22,27-28H2,1-2H3,(H,53,54)(H,55,61,63)/t29-,30-,43+/m1/s1.